The molecule has 0 bridgehead atoms. The Morgan fingerprint density at radius 1 is 1.00 bits per heavy atom. The fourth-order valence-electron chi connectivity index (χ4n) is 4.89. The third kappa shape index (κ3) is 5.26. The highest BCUT2D eigenvalue weighted by Crippen LogP contribution is 2.48. The number of alkyl halides is 3. The van der Waals surface area contributed by atoms with E-state index in [1.54, 1.807) is 0 Å². The molecular formula is C22H27F5O. The van der Waals surface area contributed by atoms with Crippen molar-refractivity contribution in [2.45, 2.75) is 70.6 Å². The van der Waals surface area contributed by atoms with Crippen LogP contribution in [-0.2, 0) is 0 Å². The van der Waals surface area contributed by atoms with Crippen molar-refractivity contribution in [3.8, 4) is 5.75 Å². The topological polar surface area (TPSA) is 9.23 Å². The Morgan fingerprint density at radius 2 is 1.64 bits per heavy atom. The molecule has 1 aromatic carbocycles. The minimum absolute atomic E-state index is 0.0163. The fraction of sp³-hybridized carbons (Fsp3) is 0.636. The first-order valence-electron chi connectivity index (χ1n) is 10.2. The molecule has 2 aliphatic carbocycles. The summed E-state index contributed by atoms with van der Waals surface area (Å²) >= 11 is 0. The van der Waals surface area contributed by atoms with Crippen LogP contribution in [0.25, 0.3) is 0 Å². The van der Waals surface area contributed by atoms with Crippen molar-refractivity contribution in [1.29, 1.82) is 0 Å². The first-order valence-corrected chi connectivity index (χ1v) is 10.2. The number of hydrogen-bond donors (Lipinski definition) is 0. The smallest absolute Gasteiger partial charge is 0.399 e. The highest BCUT2D eigenvalue weighted by atomic mass is 19.4. The predicted octanol–water partition coefficient (Wildman–Crippen LogP) is 7.52. The van der Waals surface area contributed by atoms with Crippen LogP contribution in [0.2, 0.25) is 0 Å². The van der Waals surface area contributed by atoms with Crippen LogP contribution in [0.1, 0.15) is 69.8 Å². The van der Waals surface area contributed by atoms with Crippen molar-refractivity contribution in [3.05, 3.63) is 41.5 Å². The van der Waals surface area contributed by atoms with Crippen LogP contribution in [0.4, 0.5) is 22.0 Å². The maximum absolute atomic E-state index is 14.1. The van der Waals surface area contributed by atoms with Crippen molar-refractivity contribution < 1.29 is 26.7 Å². The lowest BCUT2D eigenvalue weighted by atomic mass is 9.64. The van der Waals surface area contributed by atoms with Gasteiger partial charge in [0.15, 0.2) is 11.6 Å². The summed E-state index contributed by atoms with van der Waals surface area (Å²) in [7, 11) is 0. The first kappa shape index (κ1) is 21.1. The highest BCUT2D eigenvalue weighted by molar-refractivity contribution is 5.33. The van der Waals surface area contributed by atoms with Gasteiger partial charge in [-0.25, -0.2) is 8.78 Å². The van der Waals surface area contributed by atoms with E-state index >= 15 is 0 Å². The van der Waals surface area contributed by atoms with Gasteiger partial charge >= 0.3 is 6.36 Å². The fourth-order valence-corrected chi connectivity index (χ4v) is 4.89. The molecule has 0 saturated heterocycles. The van der Waals surface area contributed by atoms with Gasteiger partial charge in [0.25, 0.3) is 0 Å². The molecule has 0 N–H and O–H groups in total. The summed E-state index contributed by atoms with van der Waals surface area (Å²) in [5, 5.41) is 0. The summed E-state index contributed by atoms with van der Waals surface area (Å²) in [6.45, 7) is 2.16. The van der Waals surface area contributed by atoms with E-state index in [1.807, 2.05) is 0 Å². The van der Waals surface area contributed by atoms with Gasteiger partial charge in [-0.15, -0.1) is 13.2 Å². The molecule has 3 rings (SSSR count). The summed E-state index contributed by atoms with van der Waals surface area (Å²) in [5.41, 5.74) is 0.438. The largest absolute Gasteiger partial charge is 0.573 e. The summed E-state index contributed by atoms with van der Waals surface area (Å²) in [4.78, 5) is 0. The van der Waals surface area contributed by atoms with E-state index in [9.17, 15) is 22.0 Å². The van der Waals surface area contributed by atoms with E-state index in [-0.39, 0.29) is 5.92 Å². The van der Waals surface area contributed by atoms with Gasteiger partial charge in [-0.3, -0.25) is 0 Å². The zero-order chi connectivity index (χ0) is 20.3. The van der Waals surface area contributed by atoms with E-state index < -0.39 is 23.7 Å². The van der Waals surface area contributed by atoms with E-state index in [1.165, 1.54) is 6.42 Å². The first-order chi connectivity index (χ1) is 13.3. The van der Waals surface area contributed by atoms with Crippen molar-refractivity contribution in [2.75, 3.05) is 0 Å². The van der Waals surface area contributed by atoms with Gasteiger partial charge < -0.3 is 4.74 Å². The van der Waals surface area contributed by atoms with Crippen LogP contribution in [0.5, 0.6) is 5.75 Å². The molecule has 0 aromatic heterocycles. The standard InChI is InChI=1S/C22H27F5O/c1-2-3-4-5-14-6-7-16-11-17(9-8-15(16)10-14)18-12-19(23)21(20(24)13-18)28-22(25,26)27/h4-5,12-17H,2-3,6-11H2,1H3/b5-4+. The van der Waals surface area contributed by atoms with Gasteiger partial charge in [0.05, 0.1) is 0 Å². The molecule has 0 spiro atoms. The van der Waals surface area contributed by atoms with Gasteiger partial charge in [-0.05, 0) is 86.3 Å². The molecule has 2 aliphatic rings. The molecule has 156 valence electrons. The predicted molar refractivity (Wildman–Crippen MR) is 98.0 cm³/mol. The SMILES string of the molecule is CCC/C=C/C1CCC2CC(c3cc(F)c(OC(F)(F)F)c(F)c3)CCC2C1. The van der Waals surface area contributed by atoms with Crippen LogP contribution < -0.4 is 4.74 Å². The lowest BCUT2D eigenvalue weighted by Crippen LogP contribution is -2.30. The zero-order valence-corrected chi connectivity index (χ0v) is 16.1. The van der Waals surface area contributed by atoms with Crippen molar-refractivity contribution in [3.63, 3.8) is 0 Å². The number of ether oxygens (including phenoxy) is 1. The van der Waals surface area contributed by atoms with Gasteiger partial charge in [0.2, 0.25) is 5.75 Å². The Hall–Kier alpha value is -1.59. The number of halogens is 5. The molecule has 4 atom stereocenters. The average Bonchev–Trinajstić information content (AvgIpc) is 2.63. The van der Waals surface area contributed by atoms with E-state index in [4.69, 9.17) is 0 Å². The minimum atomic E-state index is -5.12. The Kier molecular flexibility index (Phi) is 6.66. The lowest BCUT2D eigenvalue weighted by molar-refractivity contribution is -0.276. The Bertz CT molecular complexity index is 674. The third-order valence-corrected chi connectivity index (χ3v) is 6.23. The number of rotatable bonds is 5. The number of benzene rings is 1. The Labute approximate surface area is 163 Å². The van der Waals surface area contributed by atoms with Gasteiger partial charge in [0.1, 0.15) is 0 Å². The average molecular weight is 402 g/mol. The second kappa shape index (κ2) is 8.83. The normalized spacial score (nSPS) is 28.4. The summed E-state index contributed by atoms with van der Waals surface area (Å²) < 4.78 is 68.5. The maximum Gasteiger partial charge on any atom is 0.573 e. The molecule has 6 heteroatoms. The monoisotopic (exact) mass is 402 g/mol. The molecule has 28 heavy (non-hydrogen) atoms. The maximum atomic E-state index is 14.1. The molecule has 2 saturated carbocycles. The molecule has 0 radical (unpaired) electrons. The van der Waals surface area contributed by atoms with Crippen LogP contribution in [0.15, 0.2) is 24.3 Å². The van der Waals surface area contributed by atoms with Gasteiger partial charge in [-0.1, -0.05) is 25.5 Å². The second-order valence-electron chi connectivity index (χ2n) is 8.18. The second-order valence-corrected chi connectivity index (χ2v) is 8.18. The number of allylic oxidation sites excluding steroid dienone is 2. The van der Waals surface area contributed by atoms with Crippen LogP contribution in [-0.4, -0.2) is 6.36 Å². The van der Waals surface area contributed by atoms with Gasteiger partial charge in [-0.2, -0.15) is 0 Å². The Morgan fingerprint density at radius 3 is 2.29 bits per heavy atom. The molecule has 4 unspecified atom stereocenters. The van der Waals surface area contributed by atoms with E-state index in [0.717, 1.165) is 57.1 Å². The van der Waals surface area contributed by atoms with E-state index in [0.29, 0.717) is 23.3 Å². The number of fused-ring (bicyclic) bond motifs is 1. The van der Waals surface area contributed by atoms with Crippen molar-refractivity contribution in [2.24, 2.45) is 17.8 Å². The van der Waals surface area contributed by atoms with Crippen molar-refractivity contribution in [1.82, 2.24) is 0 Å². The third-order valence-electron chi connectivity index (χ3n) is 6.23. The number of hydrogen-bond acceptors (Lipinski definition) is 1. The molecule has 0 amide bonds. The molecule has 1 aromatic rings. The summed E-state index contributed by atoms with van der Waals surface area (Å²) in [6.07, 6.45) is 7.80. The van der Waals surface area contributed by atoms with Crippen molar-refractivity contribution >= 4 is 0 Å². The molecule has 1 nitrogen and oxygen atoms in total. The zero-order valence-electron chi connectivity index (χ0n) is 16.1. The number of unbranched alkanes of at least 4 members (excludes halogenated alkanes) is 1. The van der Waals surface area contributed by atoms with Gasteiger partial charge in [0, 0.05) is 0 Å². The molecular weight excluding hydrogens is 375 g/mol. The Balaban J connectivity index is 1.65. The summed E-state index contributed by atoms with van der Waals surface area (Å²) in [6, 6.07) is 2.02. The summed E-state index contributed by atoms with van der Waals surface area (Å²) in [5.74, 6) is -2.20. The highest BCUT2D eigenvalue weighted by Gasteiger charge is 2.37. The molecule has 2 fully saturated rings. The lowest BCUT2D eigenvalue weighted by Gasteiger charge is -2.42. The molecule has 0 heterocycles. The van der Waals surface area contributed by atoms with Crippen LogP contribution in [0, 0.1) is 29.4 Å². The quantitative estimate of drug-likeness (QED) is 0.366. The van der Waals surface area contributed by atoms with E-state index in [2.05, 4.69) is 23.8 Å². The van der Waals surface area contributed by atoms with Crippen LogP contribution >= 0.6 is 0 Å². The molecule has 0 aliphatic heterocycles. The van der Waals surface area contributed by atoms with Crippen LogP contribution in [0.3, 0.4) is 0 Å². The minimum Gasteiger partial charge on any atom is -0.399 e.